The molecule has 5 nitrogen and oxygen atoms in total. The van der Waals surface area contributed by atoms with Crippen LogP contribution in [0, 0.1) is 5.92 Å². The summed E-state index contributed by atoms with van der Waals surface area (Å²) in [6.07, 6.45) is 2.46. The third-order valence-electron chi connectivity index (χ3n) is 4.60. The number of nitrogens with one attached hydrogen (secondary N) is 1. The van der Waals surface area contributed by atoms with Crippen molar-refractivity contribution < 1.29 is 14.3 Å². The fourth-order valence-electron chi connectivity index (χ4n) is 2.90. The highest BCUT2D eigenvalue weighted by atomic mass is 16.6. The van der Waals surface area contributed by atoms with E-state index in [0.29, 0.717) is 32.3 Å². The van der Waals surface area contributed by atoms with Crippen molar-refractivity contribution >= 4 is 6.09 Å². The Hall–Kier alpha value is -1.59. The van der Waals surface area contributed by atoms with Crippen LogP contribution in [-0.2, 0) is 16.1 Å². The molecule has 2 aliphatic rings. The summed E-state index contributed by atoms with van der Waals surface area (Å²) < 4.78 is 11.2. The van der Waals surface area contributed by atoms with Crippen LogP contribution in [0.4, 0.5) is 4.79 Å². The Morgan fingerprint density at radius 1 is 1.39 bits per heavy atom. The average molecular weight is 318 g/mol. The number of hydrogen-bond acceptors (Lipinski definition) is 4. The summed E-state index contributed by atoms with van der Waals surface area (Å²) in [5.74, 6) is 0.825. The van der Waals surface area contributed by atoms with Gasteiger partial charge in [0.05, 0.1) is 19.3 Å². The lowest BCUT2D eigenvalue weighted by molar-refractivity contribution is -0.0280. The molecule has 1 aromatic rings. The molecular weight excluding hydrogens is 292 g/mol. The molecule has 2 fully saturated rings. The summed E-state index contributed by atoms with van der Waals surface area (Å²) in [6, 6.07) is 10.3. The zero-order valence-corrected chi connectivity index (χ0v) is 13.7. The lowest BCUT2D eigenvalue weighted by Crippen LogP contribution is -2.50. The molecule has 0 spiro atoms. The van der Waals surface area contributed by atoms with E-state index in [4.69, 9.17) is 9.47 Å². The summed E-state index contributed by atoms with van der Waals surface area (Å²) in [7, 11) is 0. The molecule has 3 rings (SSSR count). The summed E-state index contributed by atoms with van der Waals surface area (Å²) in [5.41, 5.74) is 1.01. The topological polar surface area (TPSA) is 50.8 Å². The van der Waals surface area contributed by atoms with E-state index in [0.717, 1.165) is 18.0 Å². The highest BCUT2D eigenvalue weighted by molar-refractivity contribution is 5.67. The molecule has 0 bridgehead atoms. The summed E-state index contributed by atoms with van der Waals surface area (Å²) in [4.78, 5) is 14.0. The van der Waals surface area contributed by atoms with Gasteiger partial charge in [-0.2, -0.15) is 0 Å². The predicted molar refractivity (Wildman–Crippen MR) is 88.1 cm³/mol. The van der Waals surface area contributed by atoms with Gasteiger partial charge in [-0.25, -0.2) is 4.79 Å². The number of rotatable bonds is 6. The minimum Gasteiger partial charge on any atom is -0.445 e. The fourth-order valence-corrected chi connectivity index (χ4v) is 2.90. The highest BCUT2D eigenvalue weighted by Crippen LogP contribution is 2.32. The second-order valence-corrected chi connectivity index (χ2v) is 6.51. The maximum absolute atomic E-state index is 12.2. The van der Waals surface area contributed by atoms with Gasteiger partial charge in [0.25, 0.3) is 0 Å². The van der Waals surface area contributed by atoms with E-state index in [1.807, 2.05) is 30.3 Å². The molecule has 1 N–H and O–H groups in total. The molecule has 1 amide bonds. The van der Waals surface area contributed by atoms with Crippen molar-refractivity contribution in [3.05, 3.63) is 35.9 Å². The van der Waals surface area contributed by atoms with Gasteiger partial charge in [0, 0.05) is 19.1 Å². The Morgan fingerprint density at radius 2 is 2.17 bits per heavy atom. The summed E-state index contributed by atoms with van der Waals surface area (Å²) in [5, 5.41) is 3.53. The largest absolute Gasteiger partial charge is 0.445 e. The monoisotopic (exact) mass is 318 g/mol. The lowest BCUT2D eigenvalue weighted by atomic mass is 10.2. The third-order valence-corrected chi connectivity index (χ3v) is 4.60. The first kappa shape index (κ1) is 16.3. The molecule has 1 heterocycles. The number of carbonyl (C=O) groups is 1. The van der Waals surface area contributed by atoms with Gasteiger partial charge in [0.1, 0.15) is 6.61 Å². The van der Waals surface area contributed by atoms with Gasteiger partial charge in [-0.15, -0.1) is 0 Å². The van der Waals surface area contributed by atoms with E-state index < -0.39 is 0 Å². The van der Waals surface area contributed by atoms with Gasteiger partial charge >= 0.3 is 6.09 Å². The predicted octanol–water partition coefficient (Wildman–Crippen LogP) is 2.41. The van der Waals surface area contributed by atoms with E-state index in [9.17, 15) is 4.79 Å². The number of benzene rings is 1. The zero-order chi connectivity index (χ0) is 16.1. The number of morpholine rings is 1. The van der Waals surface area contributed by atoms with Gasteiger partial charge in [0.15, 0.2) is 0 Å². The molecule has 1 aliphatic carbocycles. The van der Waals surface area contributed by atoms with Crippen molar-refractivity contribution in [2.45, 2.75) is 38.5 Å². The van der Waals surface area contributed by atoms with Gasteiger partial charge in [-0.05, 0) is 31.2 Å². The molecule has 2 atom stereocenters. The Morgan fingerprint density at radius 3 is 2.91 bits per heavy atom. The number of ether oxygens (including phenoxy) is 2. The van der Waals surface area contributed by atoms with Gasteiger partial charge in [-0.1, -0.05) is 30.3 Å². The summed E-state index contributed by atoms with van der Waals surface area (Å²) in [6.45, 7) is 5.11. The van der Waals surface area contributed by atoms with Crippen molar-refractivity contribution in [3.63, 3.8) is 0 Å². The number of amides is 1. The molecular formula is C18H26N2O3. The lowest BCUT2D eigenvalue weighted by Gasteiger charge is -2.33. The quantitative estimate of drug-likeness (QED) is 0.875. The van der Waals surface area contributed by atoms with Crippen LogP contribution in [-0.4, -0.2) is 49.4 Å². The average Bonchev–Trinajstić information content (AvgIpc) is 3.44. The molecule has 1 aliphatic heterocycles. The molecule has 0 radical (unpaired) electrons. The maximum Gasteiger partial charge on any atom is 0.410 e. The fraction of sp³-hybridized carbons (Fsp3) is 0.611. The van der Waals surface area contributed by atoms with E-state index in [1.165, 1.54) is 12.8 Å². The highest BCUT2D eigenvalue weighted by Gasteiger charge is 2.30. The minimum absolute atomic E-state index is 0.0502. The van der Waals surface area contributed by atoms with Crippen LogP contribution in [0.25, 0.3) is 0 Å². The molecule has 1 saturated carbocycles. The third kappa shape index (κ3) is 4.94. The van der Waals surface area contributed by atoms with E-state index in [1.54, 1.807) is 4.90 Å². The normalized spacial score (nSPS) is 22.7. The smallest absolute Gasteiger partial charge is 0.410 e. The molecule has 126 valence electrons. The molecule has 2 unspecified atom stereocenters. The number of hydrogen-bond donors (Lipinski definition) is 1. The minimum atomic E-state index is -0.252. The van der Waals surface area contributed by atoms with E-state index in [-0.39, 0.29) is 12.2 Å². The number of carbonyl (C=O) groups excluding carboxylic acids is 1. The standard InChI is InChI=1S/C18H26N2O3/c1-14(16-7-8-16)19-11-17-12-20(9-10-22-17)18(21)23-13-15-5-3-2-4-6-15/h2-6,14,16-17,19H,7-13H2,1H3. The Balaban J connectivity index is 1.41. The van der Waals surface area contributed by atoms with Gasteiger partial charge in [-0.3, -0.25) is 0 Å². The molecule has 5 heteroatoms. The van der Waals surface area contributed by atoms with Gasteiger partial charge < -0.3 is 19.7 Å². The molecule has 1 saturated heterocycles. The Bertz CT molecular complexity index is 504. The van der Waals surface area contributed by atoms with Crippen LogP contribution in [0.3, 0.4) is 0 Å². The second kappa shape index (κ2) is 7.79. The van der Waals surface area contributed by atoms with Crippen LogP contribution in [0.2, 0.25) is 0 Å². The van der Waals surface area contributed by atoms with Gasteiger partial charge in [0.2, 0.25) is 0 Å². The van der Waals surface area contributed by atoms with E-state index in [2.05, 4.69) is 12.2 Å². The maximum atomic E-state index is 12.2. The first-order chi connectivity index (χ1) is 11.2. The van der Waals surface area contributed by atoms with Crippen LogP contribution in [0.1, 0.15) is 25.3 Å². The Labute approximate surface area is 137 Å². The van der Waals surface area contributed by atoms with Crippen molar-refractivity contribution in [1.29, 1.82) is 0 Å². The van der Waals surface area contributed by atoms with E-state index >= 15 is 0 Å². The number of nitrogens with zero attached hydrogens (tertiary/aromatic N) is 1. The molecule has 23 heavy (non-hydrogen) atoms. The van der Waals surface area contributed by atoms with Crippen molar-refractivity contribution in [2.24, 2.45) is 5.92 Å². The van der Waals surface area contributed by atoms with Crippen molar-refractivity contribution in [1.82, 2.24) is 10.2 Å². The molecule has 1 aromatic carbocycles. The SMILES string of the molecule is CC(NCC1CN(C(=O)OCc2ccccc2)CCO1)C1CC1. The zero-order valence-electron chi connectivity index (χ0n) is 13.7. The Kier molecular flexibility index (Phi) is 5.51. The van der Waals surface area contributed by atoms with Crippen LogP contribution in [0.15, 0.2) is 30.3 Å². The first-order valence-corrected chi connectivity index (χ1v) is 8.53. The van der Waals surface area contributed by atoms with Crippen LogP contribution < -0.4 is 5.32 Å². The summed E-state index contributed by atoms with van der Waals surface area (Å²) >= 11 is 0. The van der Waals surface area contributed by atoms with Crippen LogP contribution >= 0.6 is 0 Å². The van der Waals surface area contributed by atoms with Crippen LogP contribution in [0.5, 0.6) is 0 Å². The van der Waals surface area contributed by atoms with Crippen molar-refractivity contribution in [3.8, 4) is 0 Å². The first-order valence-electron chi connectivity index (χ1n) is 8.53. The molecule has 0 aromatic heterocycles. The second-order valence-electron chi connectivity index (χ2n) is 6.51. The van der Waals surface area contributed by atoms with Crippen molar-refractivity contribution in [2.75, 3.05) is 26.2 Å².